The molecule has 3 N–H and O–H groups in total. The molecular formula is C38H56O10. The summed E-state index contributed by atoms with van der Waals surface area (Å²) in [6.45, 7) is 10.2. The number of methoxy groups -OCH3 is 1. The van der Waals surface area contributed by atoms with Gasteiger partial charge in [-0.05, 0) is 51.2 Å². The van der Waals surface area contributed by atoms with Crippen LogP contribution in [0.4, 0.5) is 0 Å². The fourth-order valence-electron chi connectivity index (χ4n) is 6.47. The van der Waals surface area contributed by atoms with E-state index in [1.54, 1.807) is 20.8 Å². The Hall–Kier alpha value is -2.41. The minimum absolute atomic E-state index is 0.0247. The third kappa shape index (κ3) is 9.85. The monoisotopic (exact) mass is 672 g/mol. The van der Waals surface area contributed by atoms with E-state index in [0.29, 0.717) is 19.6 Å². The molecule has 0 radical (unpaired) electrons. The first kappa shape index (κ1) is 38.4. The van der Waals surface area contributed by atoms with Crippen LogP contribution in [0.25, 0.3) is 0 Å². The molecule has 0 spiro atoms. The molecule has 2 saturated heterocycles. The van der Waals surface area contributed by atoms with Crippen LogP contribution < -0.4 is 0 Å². The highest BCUT2D eigenvalue weighted by Gasteiger charge is 2.57. The van der Waals surface area contributed by atoms with Crippen LogP contribution in [-0.4, -0.2) is 90.1 Å². The zero-order valence-electron chi connectivity index (χ0n) is 29.3. The van der Waals surface area contributed by atoms with Gasteiger partial charge in [0.05, 0.1) is 43.0 Å². The predicted molar refractivity (Wildman–Crippen MR) is 180 cm³/mol. The van der Waals surface area contributed by atoms with Gasteiger partial charge in [-0.1, -0.05) is 74.5 Å². The van der Waals surface area contributed by atoms with Gasteiger partial charge in [0.25, 0.3) is 0 Å². The van der Waals surface area contributed by atoms with Crippen molar-refractivity contribution in [3.8, 4) is 0 Å². The number of carbonyl (C=O) groups is 1. The number of hydrogen-bond donors (Lipinski definition) is 3. The van der Waals surface area contributed by atoms with Crippen molar-refractivity contribution in [2.45, 2.75) is 122 Å². The first-order valence-corrected chi connectivity index (χ1v) is 17.2. The van der Waals surface area contributed by atoms with Gasteiger partial charge in [-0.25, -0.2) is 0 Å². The maximum absolute atomic E-state index is 12.6. The lowest BCUT2D eigenvalue weighted by Gasteiger charge is -2.52. The lowest BCUT2D eigenvalue weighted by Crippen LogP contribution is -2.66. The normalized spacial score (nSPS) is 31.7. The maximum atomic E-state index is 12.6. The first-order valence-electron chi connectivity index (χ1n) is 17.2. The molecule has 2 heterocycles. The van der Waals surface area contributed by atoms with Crippen LogP contribution in [-0.2, 0) is 46.4 Å². The van der Waals surface area contributed by atoms with Crippen molar-refractivity contribution in [2.24, 2.45) is 17.3 Å². The molecule has 2 fully saturated rings. The fraction of sp³-hybridized carbons (Fsp3) is 0.658. The summed E-state index contributed by atoms with van der Waals surface area (Å²) in [5.74, 6) is -2.74. The largest absolute Gasteiger partial charge is 0.462 e. The van der Waals surface area contributed by atoms with Crippen molar-refractivity contribution in [1.82, 2.24) is 0 Å². The third-order valence-electron chi connectivity index (χ3n) is 9.65. The van der Waals surface area contributed by atoms with Gasteiger partial charge in [0.2, 0.25) is 0 Å². The Bertz CT molecular complexity index is 1240. The molecule has 2 aromatic rings. The van der Waals surface area contributed by atoms with Crippen molar-refractivity contribution >= 4 is 5.97 Å². The summed E-state index contributed by atoms with van der Waals surface area (Å²) in [6, 6.07) is 19.6. The minimum atomic E-state index is -1.59. The van der Waals surface area contributed by atoms with Gasteiger partial charge >= 0.3 is 5.97 Å². The Morgan fingerprint density at radius 1 is 0.938 bits per heavy atom. The van der Waals surface area contributed by atoms with E-state index in [-0.39, 0.29) is 25.6 Å². The molecule has 0 saturated carbocycles. The molecule has 2 aliphatic rings. The number of carbonyl (C=O) groups excluding carboxylic acids is 1. The Kier molecular flexibility index (Phi) is 14.0. The van der Waals surface area contributed by atoms with Gasteiger partial charge < -0.3 is 43.7 Å². The topological polar surface area (TPSA) is 133 Å². The van der Waals surface area contributed by atoms with E-state index in [2.05, 4.69) is 0 Å². The van der Waals surface area contributed by atoms with Crippen LogP contribution in [0.5, 0.6) is 0 Å². The highest BCUT2D eigenvalue weighted by Crippen LogP contribution is 2.42. The molecule has 0 unspecified atom stereocenters. The van der Waals surface area contributed by atoms with Gasteiger partial charge in [-0.15, -0.1) is 0 Å². The van der Waals surface area contributed by atoms with Gasteiger partial charge in [-0.3, -0.25) is 4.79 Å². The van der Waals surface area contributed by atoms with Gasteiger partial charge in [0, 0.05) is 32.0 Å². The lowest BCUT2D eigenvalue weighted by atomic mass is 9.79. The number of unbranched alkanes of at least 4 members (excludes halogenated alkanes) is 1. The van der Waals surface area contributed by atoms with Crippen LogP contribution in [0.3, 0.4) is 0 Å². The predicted octanol–water partition coefficient (Wildman–Crippen LogP) is 4.80. The molecule has 2 aromatic carbocycles. The van der Waals surface area contributed by atoms with E-state index in [1.165, 1.54) is 7.11 Å². The second-order valence-electron chi connectivity index (χ2n) is 14.4. The van der Waals surface area contributed by atoms with Gasteiger partial charge in [-0.2, -0.15) is 0 Å². The van der Waals surface area contributed by atoms with Crippen LogP contribution in [0.1, 0.15) is 71.4 Å². The number of esters is 1. The molecule has 48 heavy (non-hydrogen) atoms. The molecule has 2 aliphatic heterocycles. The summed E-state index contributed by atoms with van der Waals surface area (Å²) in [7, 11) is 1.45. The maximum Gasteiger partial charge on any atom is 0.311 e. The third-order valence-corrected chi connectivity index (χ3v) is 9.65. The van der Waals surface area contributed by atoms with Gasteiger partial charge in [0.1, 0.15) is 24.9 Å². The first-order chi connectivity index (χ1) is 22.9. The Balaban J connectivity index is 1.46. The van der Waals surface area contributed by atoms with Crippen molar-refractivity contribution in [3.05, 3.63) is 71.8 Å². The van der Waals surface area contributed by atoms with E-state index < -0.39 is 65.8 Å². The van der Waals surface area contributed by atoms with E-state index in [4.69, 9.17) is 28.4 Å². The second kappa shape index (κ2) is 17.5. The zero-order chi connectivity index (χ0) is 34.9. The Labute approximate surface area is 285 Å². The number of rotatable bonds is 15. The standard InChI is InChI=1S/C38H56O10/c1-25-29(39)21-38(43-6,48-30(25)19-13-14-20-44-22-27-15-9-7-10-16-27)35(41)34-26(2)33(45-23-28-17-11-8-12-18-28)32(40)31(47-34)24-46-36(42)37(3,4)5/h7-12,15-18,25-26,29-35,39-41H,13-14,19-24H2,1-6H3/t25-,26-,29+,30-,31-,32-,33-,34-,35+,38-/m1/s1. The molecule has 0 amide bonds. The summed E-state index contributed by atoms with van der Waals surface area (Å²) in [4.78, 5) is 12.6. The minimum Gasteiger partial charge on any atom is -0.462 e. The number of aliphatic hydroxyl groups excluding tert-OH is 3. The molecule has 0 aliphatic carbocycles. The van der Waals surface area contributed by atoms with Crippen molar-refractivity contribution in [3.63, 3.8) is 0 Å². The van der Waals surface area contributed by atoms with Crippen molar-refractivity contribution in [2.75, 3.05) is 20.3 Å². The summed E-state index contributed by atoms with van der Waals surface area (Å²) < 4.78 is 36.5. The van der Waals surface area contributed by atoms with E-state index in [0.717, 1.165) is 24.0 Å². The molecule has 0 aromatic heterocycles. The average Bonchev–Trinajstić information content (AvgIpc) is 3.07. The number of hydrogen-bond acceptors (Lipinski definition) is 10. The Morgan fingerprint density at radius 3 is 2.17 bits per heavy atom. The highest BCUT2D eigenvalue weighted by atomic mass is 16.7. The molecule has 0 bridgehead atoms. The molecule has 10 heteroatoms. The number of aliphatic hydroxyl groups is 3. The van der Waals surface area contributed by atoms with Crippen LogP contribution in [0.15, 0.2) is 60.7 Å². The molecule has 10 nitrogen and oxygen atoms in total. The van der Waals surface area contributed by atoms with Gasteiger partial charge in [0.15, 0.2) is 5.79 Å². The molecule has 4 rings (SSSR count). The van der Waals surface area contributed by atoms with E-state index >= 15 is 0 Å². The van der Waals surface area contributed by atoms with Crippen LogP contribution in [0, 0.1) is 17.3 Å². The van der Waals surface area contributed by atoms with Crippen molar-refractivity contribution < 1.29 is 48.5 Å². The van der Waals surface area contributed by atoms with Crippen LogP contribution >= 0.6 is 0 Å². The Morgan fingerprint density at radius 2 is 1.56 bits per heavy atom. The van der Waals surface area contributed by atoms with E-state index in [1.807, 2.05) is 74.5 Å². The summed E-state index contributed by atoms with van der Waals surface area (Å²) >= 11 is 0. The zero-order valence-corrected chi connectivity index (χ0v) is 29.3. The lowest BCUT2D eigenvalue weighted by molar-refractivity contribution is -0.360. The smallest absolute Gasteiger partial charge is 0.311 e. The van der Waals surface area contributed by atoms with Crippen molar-refractivity contribution in [1.29, 1.82) is 0 Å². The highest BCUT2D eigenvalue weighted by molar-refractivity contribution is 5.75. The average molecular weight is 673 g/mol. The van der Waals surface area contributed by atoms with Crippen LogP contribution in [0.2, 0.25) is 0 Å². The quantitative estimate of drug-likeness (QED) is 0.179. The summed E-state index contributed by atoms with van der Waals surface area (Å²) in [5.41, 5.74) is 1.30. The summed E-state index contributed by atoms with van der Waals surface area (Å²) in [5, 5.41) is 34.7. The second-order valence-corrected chi connectivity index (χ2v) is 14.4. The fourth-order valence-corrected chi connectivity index (χ4v) is 6.47. The molecule has 268 valence electrons. The SMILES string of the molecule is CO[C@]1([C@@H](O)[C@@H]2O[C@H](COC(=O)C(C)(C)C)[C@@H](O)[C@H](OCc3ccccc3)[C@H]2C)C[C@H](O)[C@@H](C)[C@@H](CCCCOCc2ccccc2)O1. The number of benzene rings is 2. The molecule has 10 atom stereocenters. The number of ether oxygens (including phenoxy) is 6. The summed E-state index contributed by atoms with van der Waals surface area (Å²) in [6.07, 6.45) is -4.14. The van der Waals surface area contributed by atoms with E-state index in [9.17, 15) is 20.1 Å². The molecular weight excluding hydrogens is 616 g/mol.